The van der Waals surface area contributed by atoms with Gasteiger partial charge in [-0.05, 0) is 31.5 Å². The van der Waals surface area contributed by atoms with Crippen molar-refractivity contribution in [2.24, 2.45) is 0 Å². The van der Waals surface area contributed by atoms with Crippen LogP contribution in [0.1, 0.15) is 11.3 Å². The van der Waals surface area contributed by atoms with Crippen LogP contribution in [-0.2, 0) is 9.53 Å². The van der Waals surface area contributed by atoms with Crippen molar-refractivity contribution in [1.82, 2.24) is 14.9 Å². The Kier molecular flexibility index (Phi) is 6.32. The molecule has 0 radical (unpaired) electrons. The molecule has 3 heterocycles. The van der Waals surface area contributed by atoms with Gasteiger partial charge in [0.15, 0.2) is 6.61 Å². The number of nitrogens with zero attached hydrogens (tertiary/aromatic N) is 5. The summed E-state index contributed by atoms with van der Waals surface area (Å²) in [5.41, 5.74) is 2.07. The Morgan fingerprint density at radius 2 is 1.77 bits per heavy atom. The lowest BCUT2D eigenvalue weighted by Gasteiger charge is -2.36. The van der Waals surface area contributed by atoms with E-state index in [0.29, 0.717) is 26.3 Å². The molecule has 2 saturated heterocycles. The molecule has 2 aliphatic heterocycles. The van der Waals surface area contributed by atoms with Gasteiger partial charge >= 0.3 is 0 Å². The number of hydrogen-bond donors (Lipinski definition) is 0. The number of amides is 1. The van der Waals surface area contributed by atoms with Gasteiger partial charge in [0.2, 0.25) is 5.95 Å². The molecule has 160 valence electrons. The first-order chi connectivity index (χ1) is 14.6. The van der Waals surface area contributed by atoms with Gasteiger partial charge in [-0.3, -0.25) is 4.79 Å². The predicted octanol–water partition coefficient (Wildman–Crippen LogP) is 1.66. The number of benzene rings is 1. The Morgan fingerprint density at radius 3 is 2.50 bits per heavy atom. The van der Waals surface area contributed by atoms with Gasteiger partial charge in [-0.1, -0.05) is 12.1 Å². The zero-order valence-electron chi connectivity index (χ0n) is 17.7. The van der Waals surface area contributed by atoms with Gasteiger partial charge < -0.3 is 24.2 Å². The Morgan fingerprint density at radius 1 is 1.00 bits per heavy atom. The minimum Gasteiger partial charge on any atom is -0.484 e. The lowest BCUT2D eigenvalue weighted by Crippen LogP contribution is -2.50. The van der Waals surface area contributed by atoms with Gasteiger partial charge in [0, 0.05) is 51.0 Å². The van der Waals surface area contributed by atoms with E-state index < -0.39 is 0 Å². The van der Waals surface area contributed by atoms with E-state index in [2.05, 4.69) is 14.8 Å². The summed E-state index contributed by atoms with van der Waals surface area (Å²) in [7, 11) is 0. The SMILES string of the molecule is Cc1cccc(OCC(=O)N2CCN(c3cc(C)nc(N4CCOCC4)n3)CC2)c1. The van der Waals surface area contributed by atoms with E-state index in [1.54, 1.807) is 0 Å². The van der Waals surface area contributed by atoms with Crippen molar-refractivity contribution < 1.29 is 14.3 Å². The van der Waals surface area contributed by atoms with E-state index >= 15 is 0 Å². The molecule has 0 spiro atoms. The largest absolute Gasteiger partial charge is 0.484 e. The molecule has 2 aliphatic rings. The summed E-state index contributed by atoms with van der Waals surface area (Å²) in [6.45, 7) is 9.92. The van der Waals surface area contributed by atoms with Crippen molar-refractivity contribution in [1.29, 1.82) is 0 Å². The molecule has 1 aromatic carbocycles. The van der Waals surface area contributed by atoms with Crippen LogP contribution in [0.3, 0.4) is 0 Å². The Balaban J connectivity index is 1.32. The fourth-order valence-corrected chi connectivity index (χ4v) is 3.73. The van der Waals surface area contributed by atoms with Gasteiger partial charge in [-0.2, -0.15) is 4.98 Å². The molecule has 4 rings (SSSR count). The molecule has 0 unspecified atom stereocenters. The summed E-state index contributed by atoms with van der Waals surface area (Å²) < 4.78 is 11.1. The van der Waals surface area contributed by atoms with Crippen LogP contribution in [0.25, 0.3) is 0 Å². The van der Waals surface area contributed by atoms with Gasteiger partial charge in [-0.25, -0.2) is 4.98 Å². The zero-order chi connectivity index (χ0) is 20.9. The second-order valence-electron chi connectivity index (χ2n) is 7.74. The quantitative estimate of drug-likeness (QED) is 0.741. The minimum atomic E-state index is 0.0176. The van der Waals surface area contributed by atoms with Crippen LogP contribution in [0.5, 0.6) is 5.75 Å². The lowest BCUT2D eigenvalue weighted by atomic mass is 10.2. The number of anilines is 2. The van der Waals surface area contributed by atoms with Crippen LogP contribution in [0, 0.1) is 13.8 Å². The fraction of sp³-hybridized carbons (Fsp3) is 0.500. The molecule has 8 heteroatoms. The molecule has 0 bridgehead atoms. The fourth-order valence-electron chi connectivity index (χ4n) is 3.73. The lowest BCUT2D eigenvalue weighted by molar-refractivity contribution is -0.133. The highest BCUT2D eigenvalue weighted by molar-refractivity contribution is 5.78. The molecule has 30 heavy (non-hydrogen) atoms. The number of hydrogen-bond acceptors (Lipinski definition) is 7. The van der Waals surface area contributed by atoms with Gasteiger partial charge in [-0.15, -0.1) is 0 Å². The first-order valence-electron chi connectivity index (χ1n) is 10.5. The summed E-state index contributed by atoms with van der Waals surface area (Å²) in [4.78, 5) is 28.2. The molecular weight excluding hydrogens is 382 g/mol. The Hall–Kier alpha value is -2.87. The molecule has 0 atom stereocenters. The van der Waals surface area contributed by atoms with Crippen LogP contribution < -0.4 is 14.5 Å². The third-order valence-electron chi connectivity index (χ3n) is 5.43. The van der Waals surface area contributed by atoms with Crippen molar-refractivity contribution in [3.05, 3.63) is 41.6 Å². The number of rotatable bonds is 5. The van der Waals surface area contributed by atoms with Crippen LogP contribution in [0.4, 0.5) is 11.8 Å². The maximum absolute atomic E-state index is 12.6. The first kappa shape index (κ1) is 20.4. The van der Waals surface area contributed by atoms with Crippen molar-refractivity contribution in [3.8, 4) is 5.75 Å². The highest BCUT2D eigenvalue weighted by Gasteiger charge is 2.24. The van der Waals surface area contributed by atoms with Crippen molar-refractivity contribution in [2.45, 2.75) is 13.8 Å². The van der Waals surface area contributed by atoms with E-state index in [0.717, 1.165) is 55.0 Å². The second kappa shape index (κ2) is 9.30. The maximum atomic E-state index is 12.6. The van der Waals surface area contributed by atoms with Crippen molar-refractivity contribution >= 4 is 17.7 Å². The smallest absolute Gasteiger partial charge is 0.260 e. The average Bonchev–Trinajstić information content (AvgIpc) is 2.78. The second-order valence-corrected chi connectivity index (χ2v) is 7.74. The average molecular weight is 412 g/mol. The normalized spacial score (nSPS) is 17.2. The molecule has 2 fully saturated rings. The number of piperazine rings is 1. The Bertz CT molecular complexity index is 877. The summed E-state index contributed by atoms with van der Waals surface area (Å²) in [5, 5.41) is 0. The Labute approximate surface area is 177 Å². The maximum Gasteiger partial charge on any atom is 0.260 e. The number of aromatic nitrogens is 2. The standard InChI is InChI=1S/C22H29N5O3/c1-17-4-3-5-19(14-17)30-16-21(28)26-8-6-25(7-9-26)20-15-18(2)23-22(24-20)27-10-12-29-13-11-27/h3-5,14-15H,6-13,16H2,1-2H3. The number of carbonyl (C=O) groups is 1. The molecule has 1 aromatic heterocycles. The van der Waals surface area contributed by atoms with E-state index in [-0.39, 0.29) is 12.5 Å². The number of ether oxygens (including phenoxy) is 2. The van der Waals surface area contributed by atoms with E-state index in [1.165, 1.54) is 0 Å². The van der Waals surface area contributed by atoms with Crippen molar-refractivity contribution in [2.75, 3.05) is 68.9 Å². The van der Waals surface area contributed by atoms with Crippen LogP contribution in [0.2, 0.25) is 0 Å². The molecule has 0 saturated carbocycles. The molecule has 1 amide bonds. The van der Waals surface area contributed by atoms with E-state index in [1.807, 2.05) is 49.1 Å². The van der Waals surface area contributed by atoms with Gasteiger partial charge in [0.1, 0.15) is 11.6 Å². The van der Waals surface area contributed by atoms with Gasteiger partial charge in [0.25, 0.3) is 5.91 Å². The highest BCUT2D eigenvalue weighted by Crippen LogP contribution is 2.20. The van der Waals surface area contributed by atoms with E-state index in [4.69, 9.17) is 14.5 Å². The van der Waals surface area contributed by atoms with E-state index in [9.17, 15) is 4.79 Å². The molecule has 8 nitrogen and oxygen atoms in total. The number of aryl methyl sites for hydroxylation is 2. The first-order valence-corrected chi connectivity index (χ1v) is 10.5. The van der Waals surface area contributed by atoms with Crippen LogP contribution in [-0.4, -0.2) is 79.9 Å². The minimum absolute atomic E-state index is 0.0176. The summed E-state index contributed by atoms with van der Waals surface area (Å²) in [5.74, 6) is 2.43. The summed E-state index contributed by atoms with van der Waals surface area (Å²) >= 11 is 0. The predicted molar refractivity (Wildman–Crippen MR) is 115 cm³/mol. The third-order valence-corrected chi connectivity index (χ3v) is 5.43. The highest BCUT2D eigenvalue weighted by atomic mass is 16.5. The third kappa shape index (κ3) is 4.99. The molecule has 0 aliphatic carbocycles. The molecular formula is C22H29N5O3. The van der Waals surface area contributed by atoms with Gasteiger partial charge in [0.05, 0.1) is 13.2 Å². The number of morpholine rings is 1. The monoisotopic (exact) mass is 411 g/mol. The number of carbonyl (C=O) groups excluding carboxylic acids is 1. The zero-order valence-corrected chi connectivity index (χ0v) is 17.7. The molecule has 0 N–H and O–H groups in total. The summed E-state index contributed by atoms with van der Waals surface area (Å²) in [6.07, 6.45) is 0. The van der Waals surface area contributed by atoms with Crippen LogP contribution in [0.15, 0.2) is 30.3 Å². The van der Waals surface area contributed by atoms with Crippen LogP contribution >= 0.6 is 0 Å². The summed E-state index contributed by atoms with van der Waals surface area (Å²) in [6, 6.07) is 9.77. The topological polar surface area (TPSA) is 71.0 Å². The van der Waals surface area contributed by atoms with Crippen molar-refractivity contribution in [3.63, 3.8) is 0 Å². The molecule has 2 aromatic rings.